The fourth-order valence-corrected chi connectivity index (χ4v) is 3.98. The van der Waals surface area contributed by atoms with E-state index in [4.69, 9.17) is 9.47 Å². The molecule has 11 heteroatoms. The van der Waals surface area contributed by atoms with Gasteiger partial charge < -0.3 is 20.1 Å². The molecule has 1 saturated heterocycles. The summed E-state index contributed by atoms with van der Waals surface area (Å²) in [4.78, 5) is 40.9. The fraction of sp³-hybridized carbons (Fsp3) is 0.440. The molecule has 0 radical (unpaired) electrons. The summed E-state index contributed by atoms with van der Waals surface area (Å²) in [6.07, 6.45) is 0.748. The number of hydrogen-bond donors (Lipinski definition) is 2. The molecule has 36 heavy (non-hydrogen) atoms. The van der Waals surface area contributed by atoms with Gasteiger partial charge in [-0.05, 0) is 51.8 Å². The molecule has 1 aromatic carbocycles. The van der Waals surface area contributed by atoms with Crippen LogP contribution in [-0.4, -0.2) is 47.9 Å². The van der Waals surface area contributed by atoms with Gasteiger partial charge in [0, 0.05) is 18.7 Å². The van der Waals surface area contributed by atoms with Gasteiger partial charge in [0.25, 0.3) is 0 Å². The molecular weight excluding hydrogens is 474 g/mol. The summed E-state index contributed by atoms with van der Waals surface area (Å²) in [6, 6.07) is 5.27. The largest absolute Gasteiger partial charge is 0.444 e. The smallest absolute Gasteiger partial charge is 0.414 e. The molecule has 1 unspecified atom stereocenters. The maximum atomic E-state index is 15.0. The lowest BCUT2D eigenvalue weighted by Crippen LogP contribution is -2.39. The molecule has 1 atom stereocenters. The van der Waals surface area contributed by atoms with Crippen LogP contribution < -0.4 is 15.5 Å². The lowest BCUT2D eigenvalue weighted by Gasteiger charge is -2.23. The monoisotopic (exact) mass is 502 g/mol. The number of cyclic esters (lactones) is 1. The number of carbonyl (C=O) groups is 3. The Kier molecular flexibility index (Phi) is 6.59. The molecule has 1 saturated carbocycles. The Morgan fingerprint density at radius 1 is 1.22 bits per heavy atom. The lowest BCUT2D eigenvalue weighted by molar-refractivity contribution is -0.119. The van der Waals surface area contributed by atoms with Crippen molar-refractivity contribution in [1.82, 2.24) is 15.6 Å². The number of nitrogens with zero attached hydrogens (tertiary/aromatic N) is 2. The number of aromatic nitrogens is 1. The molecule has 2 N–H and O–H groups in total. The van der Waals surface area contributed by atoms with Gasteiger partial charge in [-0.15, -0.1) is 0 Å². The van der Waals surface area contributed by atoms with Gasteiger partial charge in [-0.2, -0.15) is 0 Å². The first-order valence-electron chi connectivity index (χ1n) is 11.6. The average Bonchev–Trinajstić information content (AvgIpc) is 3.44. The van der Waals surface area contributed by atoms with Crippen LogP contribution in [0.2, 0.25) is 0 Å². The Labute approximate surface area is 207 Å². The van der Waals surface area contributed by atoms with Crippen molar-refractivity contribution in [2.45, 2.75) is 57.8 Å². The average molecular weight is 503 g/mol. The number of benzene rings is 1. The molecule has 4 rings (SSSR count). The number of pyridine rings is 1. The molecule has 2 aliphatic rings. The predicted molar refractivity (Wildman–Crippen MR) is 126 cm³/mol. The van der Waals surface area contributed by atoms with E-state index in [0.29, 0.717) is 18.5 Å². The summed E-state index contributed by atoms with van der Waals surface area (Å²) in [5.74, 6) is -2.02. The summed E-state index contributed by atoms with van der Waals surface area (Å²) >= 11 is 0. The highest BCUT2D eigenvalue weighted by molar-refractivity contribution is 5.90. The van der Waals surface area contributed by atoms with Gasteiger partial charge in [0.1, 0.15) is 23.3 Å². The summed E-state index contributed by atoms with van der Waals surface area (Å²) < 4.78 is 40.5. The molecule has 3 amide bonds. The van der Waals surface area contributed by atoms with Gasteiger partial charge in [0.2, 0.25) is 5.91 Å². The molecule has 2 fully saturated rings. The lowest BCUT2D eigenvalue weighted by atomic mass is 10.0. The van der Waals surface area contributed by atoms with E-state index in [0.717, 1.165) is 17.0 Å². The second kappa shape index (κ2) is 9.36. The third-order valence-electron chi connectivity index (χ3n) is 5.82. The van der Waals surface area contributed by atoms with Crippen LogP contribution in [0, 0.1) is 11.6 Å². The highest BCUT2D eigenvalue weighted by atomic mass is 19.1. The zero-order chi connectivity index (χ0) is 26.3. The number of rotatable bonds is 6. The molecule has 1 aliphatic heterocycles. The van der Waals surface area contributed by atoms with Crippen molar-refractivity contribution in [3.8, 4) is 11.1 Å². The topological polar surface area (TPSA) is 110 Å². The number of amides is 3. The third-order valence-corrected chi connectivity index (χ3v) is 5.82. The fourth-order valence-electron chi connectivity index (χ4n) is 3.98. The first-order chi connectivity index (χ1) is 16.9. The van der Waals surface area contributed by atoms with Gasteiger partial charge in [-0.1, -0.05) is 6.07 Å². The van der Waals surface area contributed by atoms with Gasteiger partial charge in [0.15, 0.2) is 0 Å². The van der Waals surface area contributed by atoms with E-state index in [1.807, 2.05) is 0 Å². The van der Waals surface area contributed by atoms with Crippen molar-refractivity contribution in [2.75, 3.05) is 18.0 Å². The molecule has 2 heterocycles. The van der Waals surface area contributed by atoms with Crippen LogP contribution in [0.1, 0.15) is 46.2 Å². The van der Waals surface area contributed by atoms with Crippen molar-refractivity contribution >= 4 is 23.8 Å². The second-order valence-electron chi connectivity index (χ2n) is 9.98. The SMILES string of the molecule is CC(=O)NCC1CN(c2cc(F)c(-c3ccc(C4(NC(=O)OC(C)(C)C)CC4)nc3)c(F)c2)C(=O)O1. The Morgan fingerprint density at radius 2 is 1.89 bits per heavy atom. The number of alkyl carbamates (subject to hydrolysis) is 1. The number of carbonyl (C=O) groups excluding carboxylic acids is 3. The highest BCUT2D eigenvalue weighted by Gasteiger charge is 2.48. The minimum Gasteiger partial charge on any atom is -0.444 e. The van der Waals surface area contributed by atoms with E-state index in [1.54, 1.807) is 26.8 Å². The van der Waals surface area contributed by atoms with Crippen molar-refractivity contribution in [3.05, 3.63) is 47.8 Å². The minimum absolute atomic E-state index is 0.00662. The van der Waals surface area contributed by atoms with E-state index in [2.05, 4.69) is 15.6 Å². The number of nitrogens with one attached hydrogen (secondary N) is 2. The quantitative estimate of drug-likeness (QED) is 0.618. The van der Waals surface area contributed by atoms with Gasteiger partial charge in [-0.25, -0.2) is 18.4 Å². The number of anilines is 1. The molecule has 1 aliphatic carbocycles. The van der Waals surface area contributed by atoms with E-state index < -0.39 is 41.1 Å². The molecular formula is C25H28F2N4O5. The Morgan fingerprint density at radius 3 is 2.42 bits per heavy atom. The Balaban J connectivity index is 1.49. The van der Waals surface area contributed by atoms with Gasteiger partial charge in [-0.3, -0.25) is 14.7 Å². The van der Waals surface area contributed by atoms with Gasteiger partial charge in [0.05, 0.1) is 35.6 Å². The van der Waals surface area contributed by atoms with E-state index in [-0.39, 0.29) is 35.8 Å². The number of halogens is 2. The van der Waals surface area contributed by atoms with Crippen molar-refractivity contribution in [3.63, 3.8) is 0 Å². The summed E-state index contributed by atoms with van der Waals surface area (Å²) in [5.41, 5.74) is -0.805. The summed E-state index contributed by atoms with van der Waals surface area (Å²) in [5, 5.41) is 5.38. The van der Waals surface area contributed by atoms with Crippen LogP contribution in [0.3, 0.4) is 0 Å². The van der Waals surface area contributed by atoms with Crippen molar-refractivity contribution in [2.24, 2.45) is 0 Å². The van der Waals surface area contributed by atoms with E-state index in [9.17, 15) is 14.4 Å². The molecule has 192 valence electrons. The maximum Gasteiger partial charge on any atom is 0.414 e. The third kappa shape index (κ3) is 5.55. The second-order valence-corrected chi connectivity index (χ2v) is 9.98. The number of ether oxygens (including phenoxy) is 2. The normalized spacial score (nSPS) is 18.4. The summed E-state index contributed by atoms with van der Waals surface area (Å²) in [6.45, 7) is 6.78. The van der Waals surface area contributed by atoms with Crippen LogP contribution in [-0.2, 0) is 19.8 Å². The van der Waals surface area contributed by atoms with Crippen LogP contribution in [0.15, 0.2) is 30.5 Å². The molecule has 0 spiro atoms. The molecule has 2 aromatic rings. The van der Waals surface area contributed by atoms with Crippen molar-refractivity contribution in [1.29, 1.82) is 0 Å². The van der Waals surface area contributed by atoms with Crippen LogP contribution in [0.25, 0.3) is 11.1 Å². The van der Waals surface area contributed by atoms with Gasteiger partial charge >= 0.3 is 12.2 Å². The Hall–Kier alpha value is -3.76. The number of hydrogen-bond acceptors (Lipinski definition) is 6. The molecule has 1 aromatic heterocycles. The first kappa shape index (κ1) is 25.3. The van der Waals surface area contributed by atoms with Crippen LogP contribution in [0.5, 0.6) is 0 Å². The minimum atomic E-state index is -0.870. The van der Waals surface area contributed by atoms with E-state index in [1.165, 1.54) is 19.2 Å². The van der Waals surface area contributed by atoms with Crippen LogP contribution >= 0.6 is 0 Å². The molecule has 0 bridgehead atoms. The summed E-state index contributed by atoms with van der Waals surface area (Å²) in [7, 11) is 0. The predicted octanol–water partition coefficient (Wildman–Crippen LogP) is 4.00. The zero-order valence-electron chi connectivity index (χ0n) is 20.5. The standard InChI is InChI=1S/C25H28F2N4O5/c1-14(32)28-12-17-13-31(23(34)35-17)16-9-18(26)21(19(27)10-16)15-5-6-20(29-11-15)25(7-8-25)30-22(33)36-24(2,3)4/h5-6,9-11,17H,7-8,12-13H2,1-4H3,(H,28,32)(H,30,33). The maximum absolute atomic E-state index is 15.0. The first-order valence-corrected chi connectivity index (χ1v) is 11.6. The molecule has 9 nitrogen and oxygen atoms in total. The Bertz CT molecular complexity index is 1170. The zero-order valence-corrected chi connectivity index (χ0v) is 20.5. The van der Waals surface area contributed by atoms with Crippen molar-refractivity contribution < 1.29 is 32.6 Å². The van der Waals surface area contributed by atoms with Crippen LogP contribution in [0.4, 0.5) is 24.1 Å². The van der Waals surface area contributed by atoms with E-state index >= 15 is 8.78 Å². The highest BCUT2D eigenvalue weighted by Crippen LogP contribution is 2.45.